The van der Waals surface area contributed by atoms with Crippen molar-refractivity contribution in [1.82, 2.24) is 10.2 Å². The van der Waals surface area contributed by atoms with Gasteiger partial charge in [-0.1, -0.05) is 66.4 Å². The summed E-state index contributed by atoms with van der Waals surface area (Å²) in [7, 11) is 0. The Morgan fingerprint density at radius 1 is 0.815 bits per heavy atom. The van der Waals surface area contributed by atoms with Crippen LogP contribution in [0.15, 0.2) is 90.0 Å². The van der Waals surface area contributed by atoms with Gasteiger partial charge in [0.25, 0.3) is 0 Å². The molecular formula is C22H17N3OS. The van der Waals surface area contributed by atoms with E-state index in [1.807, 2.05) is 60.7 Å². The van der Waals surface area contributed by atoms with Crippen LogP contribution in [0, 0.1) is 0 Å². The zero-order valence-corrected chi connectivity index (χ0v) is 15.3. The second kappa shape index (κ2) is 8.01. The van der Waals surface area contributed by atoms with Crippen molar-refractivity contribution in [3.63, 3.8) is 0 Å². The number of nitrogens with one attached hydrogen (secondary N) is 1. The first-order chi connectivity index (χ1) is 13.3. The summed E-state index contributed by atoms with van der Waals surface area (Å²) in [5.74, 6) is 0.227. The van der Waals surface area contributed by atoms with Crippen molar-refractivity contribution in [1.29, 1.82) is 0 Å². The minimum atomic E-state index is -0.0633. The Bertz CT molecular complexity index is 1070. The minimum absolute atomic E-state index is 0.0633. The number of carbonyl (C=O) groups excluding carboxylic acids is 1. The van der Waals surface area contributed by atoms with E-state index in [1.165, 1.54) is 22.5 Å². The standard InChI is InChI=1S/C22H17N3OS/c26-21(23-19-8-2-1-3-9-19)15-27-22-13-12-20(24-25-22)18-11-10-16-6-4-5-7-17(16)14-18/h1-14H,15H2,(H,23,26). The molecule has 1 N–H and O–H groups in total. The first-order valence-electron chi connectivity index (χ1n) is 8.58. The van der Waals surface area contributed by atoms with Crippen molar-refractivity contribution in [2.75, 3.05) is 11.1 Å². The minimum Gasteiger partial charge on any atom is -0.325 e. The van der Waals surface area contributed by atoms with E-state index >= 15 is 0 Å². The molecule has 4 aromatic rings. The van der Waals surface area contributed by atoms with Crippen LogP contribution in [0.2, 0.25) is 0 Å². The predicted molar refractivity (Wildman–Crippen MR) is 111 cm³/mol. The number of thioether (sulfide) groups is 1. The summed E-state index contributed by atoms with van der Waals surface area (Å²) in [4.78, 5) is 12.0. The molecule has 0 radical (unpaired) electrons. The number of benzene rings is 3. The monoisotopic (exact) mass is 371 g/mol. The number of anilines is 1. The molecule has 0 aliphatic rings. The number of carbonyl (C=O) groups is 1. The summed E-state index contributed by atoms with van der Waals surface area (Å²) >= 11 is 1.37. The van der Waals surface area contributed by atoms with Crippen LogP contribution in [0.3, 0.4) is 0 Å². The number of hydrogen-bond acceptors (Lipinski definition) is 4. The first kappa shape index (κ1) is 17.2. The molecule has 5 heteroatoms. The molecule has 1 amide bonds. The highest BCUT2D eigenvalue weighted by Crippen LogP contribution is 2.24. The van der Waals surface area contributed by atoms with Crippen LogP contribution >= 0.6 is 11.8 Å². The lowest BCUT2D eigenvalue weighted by Gasteiger charge is -2.05. The van der Waals surface area contributed by atoms with Gasteiger partial charge in [-0.3, -0.25) is 4.79 Å². The van der Waals surface area contributed by atoms with Crippen LogP contribution < -0.4 is 5.32 Å². The lowest BCUT2D eigenvalue weighted by Crippen LogP contribution is -2.13. The Hall–Kier alpha value is -3.18. The quantitative estimate of drug-likeness (QED) is 0.500. The molecule has 4 rings (SSSR count). The highest BCUT2D eigenvalue weighted by molar-refractivity contribution is 7.99. The lowest BCUT2D eigenvalue weighted by atomic mass is 10.1. The molecule has 132 valence electrons. The van der Waals surface area contributed by atoms with Crippen LogP contribution in [0.5, 0.6) is 0 Å². The summed E-state index contributed by atoms with van der Waals surface area (Å²) in [5, 5.41) is 14.5. The molecule has 0 unspecified atom stereocenters. The van der Waals surface area contributed by atoms with E-state index in [0.29, 0.717) is 5.75 Å². The predicted octanol–water partition coefficient (Wildman–Crippen LogP) is 5.03. The summed E-state index contributed by atoms with van der Waals surface area (Å²) in [6, 6.07) is 27.7. The molecular weight excluding hydrogens is 354 g/mol. The SMILES string of the molecule is O=C(CSc1ccc(-c2ccc3ccccc3c2)nn1)Nc1ccccc1. The van der Waals surface area contributed by atoms with Crippen molar-refractivity contribution < 1.29 is 4.79 Å². The first-order valence-corrected chi connectivity index (χ1v) is 9.57. The van der Waals surface area contributed by atoms with Crippen molar-refractivity contribution in [2.45, 2.75) is 5.03 Å². The van der Waals surface area contributed by atoms with E-state index in [9.17, 15) is 4.79 Å². The highest BCUT2D eigenvalue weighted by Gasteiger charge is 2.06. The topological polar surface area (TPSA) is 54.9 Å². The third kappa shape index (κ3) is 4.33. The van der Waals surface area contributed by atoms with Crippen LogP contribution in [0.4, 0.5) is 5.69 Å². The number of nitrogens with zero attached hydrogens (tertiary/aromatic N) is 2. The fourth-order valence-electron chi connectivity index (χ4n) is 2.76. The molecule has 0 spiro atoms. The molecule has 3 aromatic carbocycles. The highest BCUT2D eigenvalue weighted by atomic mass is 32.2. The molecule has 4 nitrogen and oxygen atoms in total. The molecule has 0 fully saturated rings. The second-order valence-corrected chi connectivity index (χ2v) is 7.02. The van der Waals surface area contributed by atoms with Crippen molar-refractivity contribution in [3.8, 4) is 11.3 Å². The van der Waals surface area contributed by atoms with E-state index in [2.05, 4.69) is 39.8 Å². The zero-order chi connectivity index (χ0) is 18.5. The van der Waals surface area contributed by atoms with Crippen molar-refractivity contribution in [3.05, 3.63) is 84.9 Å². The average molecular weight is 371 g/mol. The Labute approximate surface area is 161 Å². The Balaban J connectivity index is 1.40. The van der Waals surface area contributed by atoms with E-state index in [1.54, 1.807) is 0 Å². The molecule has 0 atom stereocenters. The largest absolute Gasteiger partial charge is 0.325 e. The van der Waals surface area contributed by atoms with Gasteiger partial charge in [-0.15, -0.1) is 10.2 Å². The van der Waals surface area contributed by atoms with Crippen LogP contribution in [-0.2, 0) is 4.79 Å². The molecule has 27 heavy (non-hydrogen) atoms. The van der Waals surface area contributed by atoms with Gasteiger partial charge < -0.3 is 5.32 Å². The Morgan fingerprint density at radius 3 is 2.37 bits per heavy atom. The van der Waals surface area contributed by atoms with Crippen molar-refractivity contribution in [2.24, 2.45) is 0 Å². The fourth-order valence-corrected chi connectivity index (χ4v) is 3.37. The number of para-hydroxylation sites is 1. The van der Waals surface area contributed by atoms with E-state index in [4.69, 9.17) is 0 Å². The van der Waals surface area contributed by atoms with Gasteiger partial charge in [0.1, 0.15) is 5.03 Å². The van der Waals surface area contributed by atoms with Gasteiger partial charge in [-0.05, 0) is 41.1 Å². The van der Waals surface area contributed by atoms with Crippen LogP contribution in [-0.4, -0.2) is 21.9 Å². The van der Waals surface area contributed by atoms with Gasteiger partial charge in [0.2, 0.25) is 5.91 Å². The third-order valence-corrected chi connectivity index (χ3v) is 5.01. The van der Waals surface area contributed by atoms with Gasteiger partial charge in [-0.2, -0.15) is 0 Å². The number of fused-ring (bicyclic) bond motifs is 1. The van der Waals surface area contributed by atoms with Gasteiger partial charge in [0.05, 0.1) is 11.4 Å². The van der Waals surface area contributed by atoms with Gasteiger partial charge in [0, 0.05) is 11.3 Å². The smallest absolute Gasteiger partial charge is 0.234 e. The van der Waals surface area contributed by atoms with Crippen molar-refractivity contribution >= 4 is 34.1 Å². The molecule has 0 aliphatic carbocycles. The number of aromatic nitrogens is 2. The van der Waals surface area contributed by atoms with E-state index in [0.717, 1.165) is 22.0 Å². The maximum Gasteiger partial charge on any atom is 0.234 e. The zero-order valence-electron chi connectivity index (χ0n) is 14.5. The fraction of sp³-hybridized carbons (Fsp3) is 0.0455. The molecule has 0 saturated heterocycles. The maximum atomic E-state index is 12.0. The van der Waals surface area contributed by atoms with Crippen LogP contribution in [0.25, 0.3) is 22.0 Å². The molecule has 0 bridgehead atoms. The van der Waals surface area contributed by atoms with Gasteiger partial charge in [-0.25, -0.2) is 0 Å². The van der Waals surface area contributed by atoms with Crippen LogP contribution in [0.1, 0.15) is 0 Å². The molecule has 1 heterocycles. The average Bonchev–Trinajstić information content (AvgIpc) is 2.73. The summed E-state index contributed by atoms with van der Waals surface area (Å²) in [6.45, 7) is 0. The van der Waals surface area contributed by atoms with Gasteiger partial charge >= 0.3 is 0 Å². The number of rotatable bonds is 5. The van der Waals surface area contributed by atoms with Gasteiger partial charge in [0.15, 0.2) is 0 Å². The molecule has 0 aliphatic heterocycles. The third-order valence-electron chi connectivity index (χ3n) is 4.09. The maximum absolute atomic E-state index is 12.0. The lowest BCUT2D eigenvalue weighted by molar-refractivity contribution is -0.113. The second-order valence-electron chi connectivity index (χ2n) is 6.02. The summed E-state index contributed by atoms with van der Waals surface area (Å²) < 4.78 is 0. The number of hydrogen-bond donors (Lipinski definition) is 1. The summed E-state index contributed by atoms with van der Waals surface area (Å²) in [6.07, 6.45) is 0. The number of amides is 1. The normalized spacial score (nSPS) is 10.7. The Kier molecular flexibility index (Phi) is 5.12. The van der Waals surface area contributed by atoms with E-state index in [-0.39, 0.29) is 5.91 Å². The van der Waals surface area contributed by atoms with E-state index < -0.39 is 0 Å². The molecule has 0 saturated carbocycles. The summed E-state index contributed by atoms with van der Waals surface area (Å²) in [5.41, 5.74) is 2.64. The molecule has 1 aromatic heterocycles. The Morgan fingerprint density at radius 2 is 1.59 bits per heavy atom.